The quantitative estimate of drug-likeness (QED) is 0.838. The predicted molar refractivity (Wildman–Crippen MR) is 64.8 cm³/mol. The normalized spacial score (nSPS) is 24.1. The average molecular weight is 270 g/mol. The molecule has 0 amide bonds. The molecule has 0 aliphatic heterocycles. The van der Waals surface area contributed by atoms with Crippen LogP contribution in [0.5, 0.6) is 0 Å². The summed E-state index contributed by atoms with van der Waals surface area (Å²) in [6.07, 6.45) is 5.40. The van der Waals surface area contributed by atoms with Crippen molar-refractivity contribution >= 4 is 21.7 Å². The SMILES string of the molecule is CC1(C)CCCC1Nc1cc(Br)ncn1. The molecule has 0 saturated heterocycles. The summed E-state index contributed by atoms with van der Waals surface area (Å²) in [6, 6.07) is 2.45. The smallest absolute Gasteiger partial charge is 0.130 e. The van der Waals surface area contributed by atoms with E-state index < -0.39 is 0 Å². The fraction of sp³-hybridized carbons (Fsp3) is 0.636. The highest BCUT2D eigenvalue weighted by molar-refractivity contribution is 9.10. The molecule has 15 heavy (non-hydrogen) atoms. The van der Waals surface area contributed by atoms with Crippen LogP contribution in [0.15, 0.2) is 17.0 Å². The first-order valence-corrected chi connectivity index (χ1v) is 6.11. The lowest BCUT2D eigenvalue weighted by Crippen LogP contribution is -2.31. The summed E-state index contributed by atoms with van der Waals surface area (Å²) in [5.41, 5.74) is 0.372. The number of anilines is 1. The molecule has 0 spiro atoms. The first kappa shape index (κ1) is 10.9. The second-order valence-corrected chi connectivity index (χ2v) is 5.62. The molecular weight excluding hydrogens is 254 g/mol. The van der Waals surface area contributed by atoms with Crippen LogP contribution >= 0.6 is 15.9 Å². The number of aromatic nitrogens is 2. The lowest BCUT2D eigenvalue weighted by Gasteiger charge is -2.28. The number of nitrogens with zero attached hydrogens (tertiary/aromatic N) is 2. The maximum absolute atomic E-state index is 4.22. The zero-order chi connectivity index (χ0) is 10.9. The fourth-order valence-corrected chi connectivity index (χ4v) is 2.49. The maximum Gasteiger partial charge on any atom is 0.130 e. The van der Waals surface area contributed by atoms with Gasteiger partial charge in [0.05, 0.1) is 0 Å². The summed E-state index contributed by atoms with van der Waals surface area (Å²) >= 11 is 3.35. The summed E-state index contributed by atoms with van der Waals surface area (Å²) in [7, 11) is 0. The van der Waals surface area contributed by atoms with Gasteiger partial charge >= 0.3 is 0 Å². The standard InChI is InChI=1S/C11H16BrN3/c1-11(2)5-3-4-8(11)15-10-6-9(12)13-7-14-10/h6-8H,3-5H2,1-2H3,(H,13,14,15). The number of halogens is 1. The van der Waals surface area contributed by atoms with Crippen molar-refractivity contribution in [2.45, 2.75) is 39.2 Å². The van der Waals surface area contributed by atoms with E-state index in [1.807, 2.05) is 6.07 Å². The van der Waals surface area contributed by atoms with Gasteiger partial charge < -0.3 is 5.32 Å². The van der Waals surface area contributed by atoms with Crippen molar-refractivity contribution in [3.8, 4) is 0 Å². The van der Waals surface area contributed by atoms with E-state index in [0.29, 0.717) is 11.5 Å². The van der Waals surface area contributed by atoms with Crippen LogP contribution in [0.25, 0.3) is 0 Å². The Morgan fingerprint density at radius 1 is 1.47 bits per heavy atom. The van der Waals surface area contributed by atoms with E-state index in [0.717, 1.165) is 10.4 Å². The van der Waals surface area contributed by atoms with Gasteiger partial charge in [-0.05, 0) is 34.2 Å². The van der Waals surface area contributed by atoms with Gasteiger partial charge in [-0.2, -0.15) is 0 Å². The summed E-state index contributed by atoms with van der Waals surface area (Å²) in [5, 5.41) is 3.49. The topological polar surface area (TPSA) is 37.8 Å². The van der Waals surface area contributed by atoms with Crippen LogP contribution in [-0.4, -0.2) is 16.0 Å². The molecule has 4 heteroatoms. The first-order valence-electron chi connectivity index (χ1n) is 5.32. The van der Waals surface area contributed by atoms with Crippen LogP contribution in [-0.2, 0) is 0 Å². The first-order chi connectivity index (χ1) is 7.08. The molecule has 3 nitrogen and oxygen atoms in total. The van der Waals surface area contributed by atoms with Crippen LogP contribution in [0.2, 0.25) is 0 Å². The monoisotopic (exact) mass is 269 g/mol. The van der Waals surface area contributed by atoms with E-state index >= 15 is 0 Å². The lowest BCUT2D eigenvalue weighted by atomic mass is 9.87. The molecule has 1 heterocycles. The molecule has 0 radical (unpaired) electrons. The minimum Gasteiger partial charge on any atom is -0.367 e. The van der Waals surface area contributed by atoms with E-state index in [9.17, 15) is 0 Å². The van der Waals surface area contributed by atoms with Crippen LogP contribution in [0.4, 0.5) is 5.82 Å². The summed E-state index contributed by atoms with van der Waals surface area (Å²) in [4.78, 5) is 8.23. The molecule has 1 fully saturated rings. The number of nitrogens with one attached hydrogen (secondary N) is 1. The molecule has 1 N–H and O–H groups in total. The Hall–Kier alpha value is -0.640. The van der Waals surface area contributed by atoms with Crippen molar-refractivity contribution in [3.05, 3.63) is 17.0 Å². The molecule has 2 rings (SSSR count). The van der Waals surface area contributed by atoms with Crippen LogP contribution in [0.3, 0.4) is 0 Å². The van der Waals surface area contributed by atoms with Gasteiger partial charge in [-0.1, -0.05) is 20.3 Å². The molecule has 1 aliphatic carbocycles. The second kappa shape index (κ2) is 4.08. The Labute approximate surface area is 98.8 Å². The van der Waals surface area contributed by atoms with E-state index in [1.165, 1.54) is 19.3 Å². The third kappa shape index (κ3) is 2.48. The molecule has 82 valence electrons. The third-order valence-corrected chi connectivity index (χ3v) is 3.65. The zero-order valence-electron chi connectivity index (χ0n) is 9.13. The van der Waals surface area contributed by atoms with Crippen LogP contribution < -0.4 is 5.32 Å². The van der Waals surface area contributed by atoms with Crippen LogP contribution in [0.1, 0.15) is 33.1 Å². The highest BCUT2D eigenvalue weighted by Crippen LogP contribution is 2.38. The largest absolute Gasteiger partial charge is 0.367 e. The Bertz CT molecular complexity index is 351. The molecule has 0 bridgehead atoms. The van der Waals surface area contributed by atoms with Gasteiger partial charge in [0.25, 0.3) is 0 Å². The highest BCUT2D eigenvalue weighted by atomic mass is 79.9. The predicted octanol–water partition coefficient (Wildman–Crippen LogP) is 3.23. The Morgan fingerprint density at radius 2 is 2.27 bits per heavy atom. The van der Waals surface area contributed by atoms with E-state index in [4.69, 9.17) is 0 Å². The number of hydrogen-bond donors (Lipinski definition) is 1. The van der Waals surface area contributed by atoms with Gasteiger partial charge in [0.1, 0.15) is 16.7 Å². The molecule has 1 aromatic rings. The fourth-order valence-electron chi connectivity index (χ4n) is 2.19. The van der Waals surface area contributed by atoms with E-state index in [-0.39, 0.29) is 0 Å². The summed E-state index contributed by atoms with van der Waals surface area (Å²) in [6.45, 7) is 4.63. The molecule has 1 saturated carbocycles. The van der Waals surface area contributed by atoms with Gasteiger partial charge in [0.2, 0.25) is 0 Å². The molecule has 1 unspecified atom stereocenters. The Morgan fingerprint density at radius 3 is 2.87 bits per heavy atom. The molecule has 0 aromatic carbocycles. The minimum atomic E-state index is 0.372. The number of rotatable bonds is 2. The van der Waals surface area contributed by atoms with Crippen molar-refractivity contribution in [2.24, 2.45) is 5.41 Å². The van der Waals surface area contributed by atoms with Gasteiger partial charge in [-0.3, -0.25) is 0 Å². The Balaban J connectivity index is 2.09. The van der Waals surface area contributed by atoms with Crippen molar-refractivity contribution in [2.75, 3.05) is 5.32 Å². The summed E-state index contributed by atoms with van der Waals surface area (Å²) < 4.78 is 0.829. The van der Waals surface area contributed by atoms with Crippen molar-refractivity contribution in [1.29, 1.82) is 0 Å². The maximum atomic E-state index is 4.22. The van der Waals surface area contributed by atoms with Gasteiger partial charge in [-0.25, -0.2) is 9.97 Å². The van der Waals surface area contributed by atoms with Crippen molar-refractivity contribution < 1.29 is 0 Å². The third-order valence-electron chi connectivity index (χ3n) is 3.21. The van der Waals surface area contributed by atoms with Crippen molar-refractivity contribution in [1.82, 2.24) is 9.97 Å². The Kier molecular flexibility index (Phi) is 2.96. The highest BCUT2D eigenvalue weighted by Gasteiger charge is 2.34. The average Bonchev–Trinajstić information content (AvgIpc) is 2.46. The summed E-state index contributed by atoms with van der Waals surface area (Å²) in [5.74, 6) is 0.914. The molecule has 1 atom stereocenters. The van der Waals surface area contributed by atoms with Gasteiger partial charge in [-0.15, -0.1) is 0 Å². The second-order valence-electron chi connectivity index (χ2n) is 4.80. The van der Waals surface area contributed by atoms with Gasteiger partial charge in [0, 0.05) is 12.1 Å². The molecule has 1 aromatic heterocycles. The number of hydrogen-bond acceptors (Lipinski definition) is 3. The van der Waals surface area contributed by atoms with Gasteiger partial charge in [0.15, 0.2) is 0 Å². The molecule has 1 aliphatic rings. The van der Waals surface area contributed by atoms with Crippen molar-refractivity contribution in [3.63, 3.8) is 0 Å². The van der Waals surface area contributed by atoms with Crippen LogP contribution in [0, 0.1) is 5.41 Å². The van der Waals surface area contributed by atoms with E-state index in [2.05, 4.69) is 45.1 Å². The molecular formula is C11H16BrN3. The lowest BCUT2D eigenvalue weighted by molar-refractivity contribution is 0.349. The van der Waals surface area contributed by atoms with E-state index in [1.54, 1.807) is 6.33 Å². The zero-order valence-corrected chi connectivity index (χ0v) is 10.7. The minimum absolute atomic E-state index is 0.372.